The van der Waals surface area contributed by atoms with Gasteiger partial charge in [-0.1, -0.05) is 24.3 Å². The van der Waals surface area contributed by atoms with Gasteiger partial charge in [0, 0.05) is 46.8 Å². The van der Waals surface area contributed by atoms with Crippen LogP contribution in [0.5, 0.6) is 0 Å². The Morgan fingerprint density at radius 1 is 0.950 bits per heavy atom. The first-order chi connectivity index (χ1) is 19.2. The number of benzene rings is 2. The molecule has 0 radical (unpaired) electrons. The molecule has 5 aromatic rings. The summed E-state index contributed by atoms with van der Waals surface area (Å²) in [6, 6.07) is 17.3. The predicted molar refractivity (Wildman–Crippen MR) is 144 cm³/mol. The summed E-state index contributed by atoms with van der Waals surface area (Å²) in [5.74, 6) is -1.43. The number of nitrogens with zero attached hydrogens (tertiary/aromatic N) is 2. The zero-order valence-electron chi connectivity index (χ0n) is 20.9. The summed E-state index contributed by atoms with van der Waals surface area (Å²) in [6.07, 6.45) is -2.30. The Kier molecular flexibility index (Phi) is 7.47. The number of alkyl halides is 3. The van der Waals surface area contributed by atoms with Crippen LogP contribution in [0.25, 0.3) is 33.4 Å². The number of anilines is 2. The number of pyridine rings is 2. The van der Waals surface area contributed by atoms with Crippen LogP contribution in [-0.4, -0.2) is 39.1 Å². The van der Waals surface area contributed by atoms with Crippen molar-refractivity contribution in [1.82, 2.24) is 15.0 Å². The van der Waals surface area contributed by atoms with Gasteiger partial charge in [-0.25, -0.2) is 14.4 Å². The summed E-state index contributed by atoms with van der Waals surface area (Å²) in [4.78, 5) is 23.8. The second-order valence-corrected chi connectivity index (χ2v) is 9.04. The van der Waals surface area contributed by atoms with Gasteiger partial charge in [0.05, 0.1) is 18.6 Å². The molecule has 0 unspecified atom stereocenters. The molecule has 1 amide bonds. The third-order valence-corrected chi connectivity index (χ3v) is 6.17. The highest BCUT2D eigenvalue weighted by atomic mass is 19.4. The lowest BCUT2D eigenvalue weighted by atomic mass is 10.0. The van der Waals surface area contributed by atoms with Crippen molar-refractivity contribution in [2.75, 3.05) is 23.8 Å². The molecule has 0 spiro atoms. The normalized spacial score (nSPS) is 11.5. The van der Waals surface area contributed by atoms with Crippen LogP contribution in [-0.2, 0) is 17.4 Å². The number of aromatic nitrogens is 3. The van der Waals surface area contributed by atoms with Gasteiger partial charge in [-0.05, 0) is 53.6 Å². The number of aliphatic hydroxyl groups is 1. The van der Waals surface area contributed by atoms with Crippen molar-refractivity contribution < 1.29 is 27.5 Å². The molecule has 7 nitrogen and oxygen atoms in total. The number of hydrogen-bond acceptors (Lipinski definition) is 5. The lowest BCUT2D eigenvalue weighted by molar-refractivity contribution is -0.137. The summed E-state index contributed by atoms with van der Waals surface area (Å²) >= 11 is 0. The Morgan fingerprint density at radius 2 is 1.75 bits per heavy atom. The molecule has 11 heteroatoms. The summed E-state index contributed by atoms with van der Waals surface area (Å²) < 4.78 is 53.7. The second kappa shape index (κ2) is 11.1. The molecule has 0 aliphatic heterocycles. The number of H-pyrrole nitrogens is 1. The van der Waals surface area contributed by atoms with Gasteiger partial charge in [0.2, 0.25) is 5.91 Å². The zero-order valence-corrected chi connectivity index (χ0v) is 20.9. The Labute approximate surface area is 225 Å². The van der Waals surface area contributed by atoms with Gasteiger partial charge < -0.3 is 20.7 Å². The van der Waals surface area contributed by atoms with E-state index >= 15 is 4.39 Å². The molecule has 40 heavy (non-hydrogen) atoms. The van der Waals surface area contributed by atoms with Crippen LogP contribution in [0.3, 0.4) is 0 Å². The average Bonchev–Trinajstić information content (AvgIpc) is 3.35. The maximum atomic E-state index is 15.1. The third kappa shape index (κ3) is 6.10. The number of carbonyl (C=O) groups is 1. The van der Waals surface area contributed by atoms with E-state index in [2.05, 4.69) is 25.6 Å². The van der Waals surface area contributed by atoms with E-state index in [1.165, 1.54) is 12.1 Å². The Morgan fingerprint density at radius 3 is 2.48 bits per heavy atom. The lowest BCUT2D eigenvalue weighted by Gasteiger charge is -2.10. The maximum Gasteiger partial charge on any atom is 0.416 e. The highest BCUT2D eigenvalue weighted by molar-refractivity contribution is 5.91. The molecule has 0 fully saturated rings. The van der Waals surface area contributed by atoms with E-state index in [0.29, 0.717) is 28.9 Å². The molecule has 0 aliphatic carbocycles. The van der Waals surface area contributed by atoms with Crippen molar-refractivity contribution >= 4 is 28.4 Å². The van der Waals surface area contributed by atoms with Crippen LogP contribution in [0.15, 0.2) is 79.1 Å². The van der Waals surface area contributed by atoms with Crippen molar-refractivity contribution in [2.24, 2.45) is 0 Å². The fourth-order valence-corrected chi connectivity index (χ4v) is 4.24. The van der Waals surface area contributed by atoms with E-state index in [0.717, 1.165) is 40.7 Å². The topological polar surface area (TPSA) is 103 Å². The largest absolute Gasteiger partial charge is 0.416 e. The molecule has 204 valence electrons. The van der Waals surface area contributed by atoms with E-state index in [9.17, 15) is 18.0 Å². The number of aliphatic hydroxyl groups excluding tert-OH is 1. The van der Waals surface area contributed by atoms with E-state index in [4.69, 9.17) is 5.11 Å². The fourth-order valence-electron chi connectivity index (χ4n) is 4.24. The molecule has 0 saturated carbocycles. The number of hydrogen-bond donors (Lipinski definition) is 4. The molecule has 0 atom stereocenters. The van der Waals surface area contributed by atoms with E-state index in [1.807, 2.05) is 36.4 Å². The molecule has 3 heterocycles. The Hall–Kier alpha value is -4.77. The van der Waals surface area contributed by atoms with Gasteiger partial charge in [-0.3, -0.25) is 4.79 Å². The molecule has 4 N–H and O–H groups in total. The summed E-state index contributed by atoms with van der Waals surface area (Å²) in [6.45, 7) is 0.498. The molecule has 0 aliphatic rings. The van der Waals surface area contributed by atoms with Gasteiger partial charge in [0.1, 0.15) is 17.3 Å². The average molecular weight is 550 g/mol. The number of nitrogens with one attached hydrogen (secondary N) is 3. The molecule has 3 aromatic heterocycles. The van der Waals surface area contributed by atoms with Crippen LogP contribution in [0.2, 0.25) is 0 Å². The van der Waals surface area contributed by atoms with Crippen LogP contribution >= 0.6 is 0 Å². The molecule has 2 aromatic carbocycles. The third-order valence-electron chi connectivity index (χ3n) is 6.17. The first kappa shape index (κ1) is 26.8. The minimum atomic E-state index is -4.56. The minimum Gasteiger partial charge on any atom is -0.395 e. The van der Waals surface area contributed by atoms with Gasteiger partial charge in [-0.2, -0.15) is 13.2 Å². The zero-order chi connectivity index (χ0) is 28.3. The van der Waals surface area contributed by atoms with Gasteiger partial charge in [0.15, 0.2) is 0 Å². The molecule has 5 rings (SSSR count). The lowest BCUT2D eigenvalue weighted by Crippen LogP contribution is -2.16. The van der Waals surface area contributed by atoms with Crippen molar-refractivity contribution in [3.8, 4) is 22.4 Å². The van der Waals surface area contributed by atoms with E-state index < -0.39 is 23.5 Å². The monoisotopic (exact) mass is 549 g/mol. The Balaban J connectivity index is 1.29. The van der Waals surface area contributed by atoms with E-state index in [1.54, 1.807) is 12.3 Å². The minimum absolute atomic E-state index is 0.0391. The van der Waals surface area contributed by atoms with Crippen LogP contribution in [0.1, 0.15) is 11.1 Å². The van der Waals surface area contributed by atoms with Crippen molar-refractivity contribution in [3.63, 3.8) is 0 Å². The fraction of sp³-hybridized carbons (Fsp3) is 0.138. The molecule has 0 saturated heterocycles. The number of halogens is 4. The van der Waals surface area contributed by atoms with Crippen LogP contribution in [0.4, 0.5) is 29.1 Å². The highest BCUT2D eigenvalue weighted by Crippen LogP contribution is 2.31. The number of fused-ring (bicyclic) bond motifs is 1. The molecular weight excluding hydrogens is 526 g/mol. The number of amides is 1. The van der Waals surface area contributed by atoms with Crippen molar-refractivity contribution in [3.05, 3.63) is 96.1 Å². The molecule has 0 bridgehead atoms. The van der Waals surface area contributed by atoms with Gasteiger partial charge in [-0.15, -0.1) is 0 Å². The second-order valence-electron chi connectivity index (χ2n) is 9.04. The first-order valence-corrected chi connectivity index (χ1v) is 12.3. The van der Waals surface area contributed by atoms with E-state index in [-0.39, 0.29) is 18.8 Å². The van der Waals surface area contributed by atoms with Crippen molar-refractivity contribution in [1.29, 1.82) is 0 Å². The maximum absolute atomic E-state index is 15.1. The summed E-state index contributed by atoms with van der Waals surface area (Å²) in [7, 11) is 0. The smallest absolute Gasteiger partial charge is 0.395 e. The van der Waals surface area contributed by atoms with Crippen LogP contribution in [0, 0.1) is 5.82 Å². The van der Waals surface area contributed by atoms with Crippen LogP contribution < -0.4 is 10.6 Å². The predicted octanol–water partition coefficient (Wildman–Crippen LogP) is 6.04. The quantitative estimate of drug-likeness (QED) is 0.177. The Bertz CT molecular complexity index is 1670. The van der Waals surface area contributed by atoms with Crippen molar-refractivity contribution in [2.45, 2.75) is 12.6 Å². The number of carbonyl (C=O) groups excluding carboxylic acids is 1. The summed E-state index contributed by atoms with van der Waals surface area (Å²) in [5.41, 5.74) is 3.55. The molecular formula is C29H23F4N5O2. The number of aromatic amines is 1. The SMILES string of the molecule is O=C(Cc1ccc(-c2cnc3[nH]c(-c4ccc(NCCO)cc4)cc3c2)c(F)c1)Nc1cc(C(F)(F)F)ccn1. The highest BCUT2D eigenvalue weighted by Gasteiger charge is 2.30. The summed E-state index contributed by atoms with van der Waals surface area (Å²) in [5, 5.41) is 15.1. The van der Waals surface area contributed by atoms with Gasteiger partial charge in [0.25, 0.3) is 0 Å². The first-order valence-electron chi connectivity index (χ1n) is 12.3. The standard InChI is InChI=1S/C29H23F4N5O2/c30-24-11-17(12-27(40)38-26-15-21(7-8-35-26)29(31,32)33)1-6-23(24)20-13-19-14-25(37-28(19)36-16-20)18-2-4-22(5-3-18)34-9-10-39/h1-8,11,13-16,34,39H,9-10,12H2,(H,36,37)(H,35,38,40). The number of rotatable bonds is 8. The van der Waals surface area contributed by atoms with Gasteiger partial charge >= 0.3 is 6.18 Å².